The summed E-state index contributed by atoms with van der Waals surface area (Å²) in [6, 6.07) is 11.0. The number of carbonyl (C=O) groups is 3. The van der Waals surface area contributed by atoms with Crippen molar-refractivity contribution < 1.29 is 33.4 Å². The molecule has 2 fully saturated rings. The van der Waals surface area contributed by atoms with E-state index in [1.165, 1.54) is 17.0 Å². The van der Waals surface area contributed by atoms with E-state index in [2.05, 4.69) is 0 Å². The number of amides is 3. The molecule has 2 saturated heterocycles. The second kappa shape index (κ2) is 11.8. The average Bonchev–Trinajstić information content (AvgIpc) is 3.21. The Labute approximate surface area is 251 Å². The van der Waals surface area contributed by atoms with E-state index >= 15 is 0 Å². The zero-order valence-electron chi connectivity index (χ0n) is 25.1. The van der Waals surface area contributed by atoms with Crippen LogP contribution in [0.5, 0.6) is 0 Å². The van der Waals surface area contributed by atoms with Gasteiger partial charge in [0, 0.05) is 29.7 Å². The first kappa shape index (κ1) is 31.8. The van der Waals surface area contributed by atoms with Gasteiger partial charge in [-0.15, -0.1) is 0 Å². The second-order valence-corrected chi connectivity index (χ2v) is 13.7. The molecule has 10 heteroatoms. The van der Waals surface area contributed by atoms with Crippen molar-refractivity contribution in [2.75, 3.05) is 13.1 Å². The second-order valence-electron chi connectivity index (χ2n) is 13.2. The van der Waals surface area contributed by atoms with Gasteiger partial charge in [-0.25, -0.2) is 18.9 Å². The van der Waals surface area contributed by atoms with Gasteiger partial charge in [0.2, 0.25) is 5.91 Å². The SMILES string of the molecule is CC(C)(C)OC(=O)N1CCC(O)(C2C[C@@H](Cc3ccc(-c4cc(Cl)ccc4F)cc3)N(C(=O)OC(C)(C)C)C2=O)CC1. The maximum Gasteiger partial charge on any atom is 0.417 e. The number of imide groups is 1. The summed E-state index contributed by atoms with van der Waals surface area (Å²) in [5, 5.41) is 12.1. The van der Waals surface area contributed by atoms with Crippen molar-refractivity contribution in [1.29, 1.82) is 0 Å². The number of benzene rings is 2. The molecule has 2 aliphatic heterocycles. The Morgan fingerprint density at radius 1 is 0.976 bits per heavy atom. The molecule has 2 atom stereocenters. The lowest BCUT2D eigenvalue weighted by molar-refractivity contribution is -0.141. The molecule has 8 nitrogen and oxygen atoms in total. The van der Waals surface area contributed by atoms with Crippen LogP contribution in [0.15, 0.2) is 42.5 Å². The number of halogens is 2. The number of rotatable bonds is 4. The van der Waals surface area contributed by atoms with Gasteiger partial charge in [0.05, 0.1) is 11.5 Å². The van der Waals surface area contributed by atoms with Crippen LogP contribution < -0.4 is 0 Å². The van der Waals surface area contributed by atoms with Crippen LogP contribution in [0.25, 0.3) is 11.1 Å². The number of piperidine rings is 1. The molecule has 1 N–H and O–H groups in total. The van der Waals surface area contributed by atoms with Crippen LogP contribution in [0, 0.1) is 11.7 Å². The fourth-order valence-electron chi connectivity index (χ4n) is 5.56. The summed E-state index contributed by atoms with van der Waals surface area (Å²) in [4.78, 5) is 42.2. The monoisotopic (exact) mass is 602 g/mol. The number of hydrogen-bond acceptors (Lipinski definition) is 6. The van der Waals surface area contributed by atoms with Crippen molar-refractivity contribution in [3.63, 3.8) is 0 Å². The zero-order valence-corrected chi connectivity index (χ0v) is 25.8. The van der Waals surface area contributed by atoms with Gasteiger partial charge in [0.25, 0.3) is 0 Å². The molecule has 0 bridgehead atoms. The summed E-state index contributed by atoms with van der Waals surface area (Å²) in [5.74, 6) is -1.71. The molecule has 0 aromatic heterocycles. The Bertz CT molecular complexity index is 1330. The summed E-state index contributed by atoms with van der Waals surface area (Å²) in [7, 11) is 0. The van der Waals surface area contributed by atoms with Crippen LogP contribution >= 0.6 is 11.6 Å². The number of carbonyl (C=O) groups excluding carboxylic acids is 3. The quantitative estimate of drug-likeness (QED) is 0.423. The standard InChI is InChI=1S/C32H40ClFN2O6/c1-30(2,3)41-28(38)35-15-13-32(40,14-16-35)25-19-23(36(27(25)37)29(39)42-31(4,5)6)17-20-7-9-21(10-8-20)24-18-22(33)11-12-26(24)34/h7-12,18,23,25,40H,13-17,19H2,1-6H3/t23-,25?/m1/s1. The lowest BCUT2D eigenvalue weighted by Crippen LogP contribution is -2.53. The third-order valence-corrected chi connectivity index (χ3v) is 7.83. The maximum absolute atomic E-state index is 14.4. The Morgan fingerprint density at radius 3 is 2.12 bits per heavy atom. The lowest BCUT2D eigenvalue weighted by atomic mass is 9.77. The van der Waals surface area contributed by atoms with E-state index in [-0.39, 0.29) is 32.4 Å². The van der Waals surface area contributed by atoms with Crippen molar-refractivity contribution in [3.05, 3.63) is 58.9 Å². The summed E-state index contributed by atoms with van der Waals surface area (Å²) < 4.78 is 25.4. The molecule has 2 aromatic rings. The highest BCUT2D eigenvalue weighted by atomic mass is 35.5. The summed E-state index contributed by atoms with van der Waals surface area (Å²) in [5.41, 5.74) is -1.00. The van der Waals surface area contributed by atoms with E-state index in [1.807, 2.05) is 12.1 Å². The minimum atomic E-state index is -1.39. The first-order chi connectivity index (χ1) is 19.5. The molecule has 0 aliphatic carbocycles. The predicted molar refractivity (Wildman–Crippen MR) is 158 cm³/mol. The Hall–Kier alpha value is -3.17. The van der Waals surface area contributed by atoms with Crippen LogP contribution in [0.2, 0.25) is 5.02 Å². The van der Waals surface area contributed by atoms with Crippen LogP contribution in [0.3, 0.4) is 0 Å². The fourth-order valence-corrected chi connectivity index (χ4v) is 5.73. The van der Waals surface area contributed by atoms with Crippen LogP contribution in [-0.4, -0.2) is 68.9 Å². The van der Waals surface area contributed by atoms with Crippen LogP contribution in [0.1, 0.15) is 66.4 Å². The Balaban J connectivity index is 1.53. The van der Waals surface area contributed by atoms with Crippen molar-refractivity contribution in [3.8, 4) is 11.1 Å². The molecular weight excluding hydrogens is 563 g/mol. The van der Waals surface area contributed by atoms with Gasteiger partial charge in [-0.05, 0) is 96.6 Å². The fraction of sp³-hybridized carbons (Fsp3) is 0.531. The number of aliphatic hydroxyl groups is 1. The van der Waals surface area contributed by atoms with E-state index in [0.29, 0.717) is 22.6 Å². The van der Waals surface area contributed by atoms with E-state index in [9.17, 15) is 23.9 Å². The first-order valence-corrected chi connectivity index (χ1v) is 14.6. The molecule has 0 saturated carbocycles. The highest BCUT2D eigenvalue weighted by Gasteiger charge is 2.54. The molecule has 2 aliphatic rings. The summed E-state index contributed by atoms with van der Waals surface area (Å²) in [6.07, 6.45) is -0.287. The highest BCUT2D eigenvalue weighted by molar-refractivity contribution is 6.30. The van der Waals surface area contributed by atoms with E-state index < -0.39 is 52.7 Å². The molecule has 42 heavy (non-hydrogen) atoms. The van der Waals surface area contributed by atoms with Crippen molar-refractivity contribution in [2.24, 2.45) is 5.92 Å². The van der Waals surface area contributed by atoms with Gasteiger partial charge in [-0.1, -0.05) is 35.9 Å². The zero-order chi connectivity index (χ0) is 31.0. The van der Waals surface area contributed by atoms with Crippen LogP contribution in [0.4, 0.5) is 14.0 Å². The van der Waals surface area contributed by atoms with Crippen molar-refractivity contribution >= 4 is 29.7 Å². The lowest BCUT2D eigenvalue weighted by Gasteiger charge is -2.41. The first-order valence-electron chi connectivity index (χ1n) is 14.3. The molecule has 4 rings (SSSR count). The van der Waals surface area contributed by atoms with Gasteiger partial charge in [0.1, 0.15) is 17.0 Å². The molecule has 0 spiro atoms. The number of hydrogen-bond donors (Lipinski definition) is 1. The van der Waals surface area contributed by atoms with Gasteiger partial charge in [-0.3, -0.25) is 4.79 Å². The number of ether oxygens (including phenoxy) is 2. The predicted octanol–water partition coefficient (Wildman–Crippen LogP) is 6.60. The van der Waals surface area contributed by atoms with Crippen molar-refractivity contribution in [2.45, 2.75) is 90.1 Å². The van der Waals surface area contributed by atoms with Gasteiger partial charge in [-0.2, -0.15) is 0 Å². The minimum absolute atomic E-state index is 0.178. The Morgan fingerprint density at radius 2 is 1.55 bits per heavy atom. The molecule has 1 unspecified atom stereocenters. The normalized spacial score (nSPS) is 20.9. The van der Waals surface area contributed by atoms with E-state index in [4.69, 9.17) is 21.1 Å². The van der Waals surface area contributed by atoms with Crippen molar-refractivity contribution in [1.82, 2.24) is 9.80 Å². The highest BCUT2D eigenvalue weighted by Crippen LogP contribution is 2.41. The summed E-state index contributed by atoms with van der Waals surface area (Å²) >= 11 is 6.06. The third kappa shape index (κ3) is 7.42. The molecule has 2 aromatic carbocycles. The molecule has 228 valence electrons. The Kier molecular flexibility index (Phi) is 8.95. The van der Waals surface area contributed by atoms with Gasteiger partial charge < -0.3 is 19.5 Å². The maximum atomic E-state index is 14.4. The molecule has 0 radical (unpaired) electrons. The summed E-state index contributed by atoms with van der Waals surface area (Å²) in [6.45, 7) is 11.0. The largest absolute Gasteiger partial charge is 0.444 e. The third-order valence-electron chi connectivity index (χ3n) is 7.59. The van der Waals surface area contributed by atoms with E-state index in [0.717, 1.165) is 10.5 Å². The number of nitrogens with zero attached hydrogens (tertiary/aromatic N) is 2. The molecule has 2 heterocycles. The van der Waals surface area contributed by atoms with Crippen LogP contribution in [-0.2, 0) is 20.7 Å². The molecule has 3 amide bonds. The average molecular weight is 603 g/mol. The topological polar surface area (TPSA) is 96.4 Å². The number of likely N-dealkylation sites (tertiary alicyclic amines) is 2. The van der Waals surface area contributed by atoms with Gasteiger partial charge in [0.15, 0.2) is 0 Å². The smallest absolute Gasteiger partial charge is 0.417 e. The minimum Gasteiger partial charge on any atom is -0.444 e. The van der Waals surface area contributed by atoms with E-state index in [1.54, 1.807) is 59.7 Å². The van der Waals surface area contributed by atoms with Gasteiger partial charge >= 0.3 is 12.2 Å². The molecular formula is C32H40ClFN2O6.